The number of carbonyl (C=O) groups excluding carboxylic acids is 1. The molecular formula is C26H33F3N4O. The lowest BCUT2D eigenvalue weighted by Gasteiger charge is -2.37. The first-order valence-electron chi connectivity index (χ1n) is 11.7. The Hall–Kier alpha value is -2.87. The number of hydrogen-bond donors (Lipinski definition) is 1. The lowest BCUT2D eigenvalue weighted by Crippen LogP contribution is -2.58. The van der Waals surface area contributed by atoms with Gasteiger partial charge in [-0.25, -0.2) is 18.2 Å². The lowest BCUT2D eigenvalue weighted by molar-refractivity contribution is -0.126. The summed E-state index contributed by atoms with van der Waals surface area (Å²) < 4.78 is 42.2. The molecule has 1 heterocycles. The van der Waals surface area contributed by atoms with Crippen LogP contribution in [0.2, 0.25) is 0 Å². The van der Waals surface area contributed by atoms with Gasteiger partial charge in [-0.3, -0.25) is 4.79 Å². The zero-order valence-electron chi connectivity index (χ0n) is 20.2. The molecule has 3 rings (SSSR count). The van der Waals surface area contributed by atoms with E-state index in [1.807, 2.05) is 19.0 Å². The van der Waals surface area contributed by atoms with Crippen LogP contribution in [-0.2, 0) is 4.79 Å². The predicted octanol–water partition coefficient (Wildman–Crippen LogP) is 4.96. The summed E-state index contributed by atoms with van der Waals surface area (Å²) in [4.78, 5) is 15.7. The molecule has 0 saturated heterocycles. The van der Waals surface area contributed by atoms with Gasteiger partial charge in [-0.15, -0.1) is 0 Å². The summed E-state index contributed by atoms with van der Waals surface area (Å²) in [5, 5.41) is 9.09. The average molecular weight is 475 g/mol. The van der Waals surface area contributed by atoms with Crippen LogP contribution in [0.1, 0.15) is 45.1 Å². The molecule has 2 aromatic carbocycles. The number of halogens is 3. The monoisotopic (exact) mass is 474 g/mol. The highest BCUT2D eigenvalue weighted by Gasteiger charge is 2.54. The minimum Gasteiger partial charge on any atom is -0.354 e. The van der Waals surface area contributed by atoms with Crippen LogP contribution in [0.4, 0.5) is 18.9 Å². The van der Waals surface area contributed by atoms with Crippen molar-refractivity contribution < 1.29 is 18.0 Å². The minimum atomic E-state index is -1.25. The first-order valence-corrected chi connectivity index (χ1v) is 11.7. The third kappa shape index (κ3) is 5.43. The first-order chi connectivity index (χ1) is 16.2. The summed E-state index contributed by atoms with van der Waals surface area (Å²) in [5.74, 6) is -2.55. The fourth-order valence-electron chi connectivity index (χ4n) is 4.39. The van der Waals surface area contributed by atoms with Crippen molar-refractivity contribution in [2.45, 2.75) is 45.1 Å². The molecule has 1 amide bonds. The van der Waals surface area contributed by atoms with Crippen LogP contribution in [0.3, 0.4) is 0 Å². The third-order valence-electron chi connectivity index (χ3n) is 6.31. The number of hydrazone groups is 1. The van der Waals surface area contributed by atoms with Gasteiger partial charge in [-0.05, 0) is 70.2 Å². The highest BCUT2D eigenvalue weighted by Crippen LogP contribution is 2.42. The van der Waals surface area contributed by atoms with Gasteiger partial charge in [-0.2, -0.15) is 5.10 Å². The van der Waals surface area contributed by atoms with Crippen molar-refractivity contribution in [1.82, 2.24) is 10.2 Å². The molecule has 0 aliphatic carbocycles. The van der Waals surface area contributed by atoms with E-state index in [1.54, 1.807) is 19.1 Å². The molecule has 1 aliphatic heterocycles. The molecule has 2 unspecified atom stereocenters. The van der Waals surface area contributed by atoms with Crippen LogP contribution in [0.15, 0.2) is 47.6 Å². The Morgan fingerprint density at radius 2 is 1.76 bits per heavy atom. The molecule has 0 saturated carbocycles. The van der Waals surface area contributed by atoms with Gasteiger partial charge >= 0.3 is 0 Å². The number of rotatable bonds is 10. The Morgan fingerprint density at radius 1 is 1.09 bits per heavy atom. The third-order valence-corrected chi connectivity index (χ3v) is 6.31. The molecule has 0 radical (unpaired) electrons. The zero-order chi connectivity index (χ0) is 24.9. The second-order valence-electron chi connectivity index (χ2n) is 9.15. The van der Waals surface area contributed by atoms with E-state index in [2.05, 4.69) is 12.2 Å². The molecule has 8 heteroatoms. The van der Waals surface area contributed by atoms with E-state index in [0.29, 0.717) is 24.2 Å². The quantitative estimate of drug-likeness (QED) is 0.495. The van der Waals surface area contributed by atoms with Gasteiger partial charge in [0, 0.05) is 18.5 Å². The molecule has 2 atom stereocenters. The van der Waals surface area contributed by atoms with Crippen molar-refractivity contribution in [3.05, 3.63) is 65.5 Å². The first kappa shape index (κ1) is 25.7. The van der Waals surface area contributed by atoms with E-state index < -0.39 is 17.2 Å². The van der Waals surface area contributed by atoms with Crippen LogP contribution in [0, 0.1) is 23.4 Å². The maximum Gasteiger partial charge on any atom is 0.248 e. The van der Waals surface area contributed by atoms with Gasteiger partial charge < -0.3 is 10.2 Å². The number of amides is 1. The predicted molar refractivity (Wildman–Crippen MR) is 129 cm³/mol. The number of carbonyl (C=O) groups is 1. The maximum atomic E-state index is 14.9. The lowest BCUT2D eigenvalue weighted by atomic mass is 9.77. The second kappa shape index (κ2) is 11.0. The van der Waals surface area contributed by atoms with Gasteiger partial charge in [0.2, 0.25) is 5.91 Å². The van der Waals surface area contributed by atoms with Crippen LogP contribution >= 0.6 is 0 Å². The van der Waals surface area contributed by atoms with Gasteiger partial charge in [0.25, 0.3) is 0 Å². The second-order valence-corrected chi connectivity index (χ2v) is 9.15. The van der Waals surface area contributed by atoms with Crippen LogP contribution in [-0.4, -0.2) is 49.2 Å². The summed E-state index contributed by atoms with van der Waals surface area (Å²) in [7, 11) is 3.92. The van der Waals surface area contributed by atoms with Crippen molar-refractivity contribution in [2.24, 2.45) is 11.0 Å². The van der Waals surface area contributed by atoms with E-state index in [1.165, 1.54) is 23.2 Å². The number of hydrogen-bond acceptors (Lipinski definition) is 4. The van der Waals surface area contributed by atoms with E-state index in [4.69, 9.17) is 5.10 Å². The number of nitrogens with zero attached hydrogens (tertiary/aromatic N) is 3. The van der Waals surface area contributed by atoms with Gasteiger partial charge in [0.05, 0.1) is 11.4 Å². The van der Waals surface area contributed by atoms with E-state index in [0.717, 1.165) is 37.9 Å². The fraction of sp³-hybridized carbons (Fsp3) is 0.462. The zero-order valence-corrected chi connectivity index (χ0v) is 20.2. The molecule has 184 valence electrons. The number of nitrogens with one attached hydrogen (secondary N) is 1. The van der Waals surface area contributed by atoms with Gasteiger partial charge in [0.1, 0.15) is 17.2 Å². The van der Waals surface area contributed by atoms with Gasteiger partial charge in [0.15, 0.2) is 5.82 Å². The molecule has 5 nitrogen and oxygen atoms in total. The maximum absolute atomic E-state index is 14.9. The number of unbranched alkanes of at least 4 members (excludes halogenated alkanes) is 1. The van der Waals surface area contributed by atoms with E-state index in [9.17, 15) is 18.0 Å². The molecule has 1 aliphatic rings. The Kier molecular flexibility index (Phi) is 8.36. The normalized spacial score (nSPS) is 20.1. The Bertz CT molecular complexity index is 1030. The highest BCUT2D eigenvalue weighted by atomic mass is 19.1. The highest BCUT2D eigenvalue weighted by molar-refractivity contribution is 6.10. The van der Waals surface area contributed by atoms with Crippen molar-refractivity contribution in [3.63, 3.8) is 0 Å². The molecule has 0 fully saturated rings. The Balaban J connectivity index is 2.06. The molecule has 0 aromatic heterocycles. The number of anilines is 1. The fourth-order valence-corrected chi connectivity index (χ4v) is 4.39. The van der Waals surface area contributed by atoms with E-state index >= 15 is 0 Å². The van der Waals surface area contributed by atoms with Crippen molar-refractivity contribution in [3.8, 4) is 0 Å². The minimum absolute atomic E-state index is 0.0194. The SMILES string of the molecule is CCCCC1C(c2ccc(F)cc2)=NN(c2ccc(F)cc2F)C1(C)C(=O)NCCCN(C)C. The van der Waals surface area contributed by atoms with Crippen molar-refractivity contribution in [1.29, 1.82) is 0 Å². The van der Waals surface area contributed by atoms with Gasteiger partial charge in [-0.1, -0.05) is 31.9 Å². The standard InChI is InChI=1S/C26H33F3N4O/c1-5-6-8-21-24(18-9-11-19(27)12-10-18)31-33(23-14-13-20(28)17-22(23)29)26(21,2)25(34)30-15-7-16-32(3)4/h9-14,17,21H,5-8,15-16H2,1-4H3,(H,30,34). The van der Waals surface area contributed by atoms with E-state index in [-0.39, 0.29) is 23.3 Å². The summed E-state index contributed by atoms with van der Waals surface area (Å²) in [6.07, 6.45) is 3.12. The van der Waals surface area contributed by atoms with Crippen LogP contribution in [0.25, 0.3) is 0 Å². The molecular weight excluding hydrogens is 441 g/mol. The molecule has 1 N–H and O–H groups in total. The number of benzene rings is 2. The van der Waals surface area contributed by atoms with Crippen molar-refractivity contribution in [2.75, 3.05) is 32.2 Å². The molecule has 0 spiro atoms. The summed E-state index contributed by atoms with van der Waals surface area (Å²) in [6, 6.07) is 9.16. The Labute approximate surface area is 199 Å². The summed E-state index contributed by atoms with van der Waals surface area (Å²) in [5.41, 5.74) is 0.0172. The summed E-state index contributed by atoms with van der Waals surface area (Å²) in [6.45, 7) is 5.07. The summed E-state index contributed by atoms with van der Waals surface area (Å²) >= 11 is 0. The molecule has 0 bridgehead atoms. The largest absolute Gasteiger partial charge is 0.354 e. The smallest absolute Gasteiger partial charge is 0.248 e. The van der Waals surface area contributed by atoms with Crippen LogP contribution in [0.5, 0.6) is 0 Å². The van der Waals surface area contributed by atoms with Crippen molar-refractivity contribution >= 4 is 17.3 Å². The molecule has 34 heavy (non-hydrogen) atoms. The average Bonchev–Trinajstić information content (AvgIpc) is 3.08. The topological polar surface area (TPSA) is 47.9 Å². The Morgan fingerprint density at radius 3 is 2.38 bits per heavy atom. The van der Waals surface area contributed by atoms with Crippen LogP contribution < -0.4 is 10.3 Å². The molecule has 2 aromatic rings.